The zero-order valence-corrected chi connectivity index (χ0v) is 15.3. The standard InChI is InChI=1S/C14H19IN4OS/c1-9-10(2)20-13(19-9)8-18-14(16-3)17-7-6-11-4-5-12(15)21-11/h4-5H,6-8H2,1-3H3,(H2,16,17,18). The summed E-state index contributed by atoms with van der Waals surface area (Å²) in [5.41, 5.74) is 0.932. The van der Waals surface area contributed by atoms with Crippen molar-refractivity contribution in [1.29, 1.82) is 0 Å². The van der Waals surface area contributed by atoms with E-state index < -0.39 is 0 Å². The van der Waals surface area contributed by atoms with Crippen LogP contribution in [0.2, 0.25) is 0 Å². The van der Waals surface area contributed by atoms with Gasteiger partial charge >= 0.3 is 0 Å². The van der Waals surface area contributed by atoms with Gasteiger partial charge in [-0.3, -0.25) is 4.99 Å². The van der Waals surface area contributed by atoms with Gasteiger partial charge in [0, 0.05) is 18.5 Å². The Morgan fingerprint density at radius 2 is 2.19 bits per heavy atom. The third-order valence-electron chi connectivity index (χ3n) is 3.00. The summed E-state index contributed by atoms with van der Waals surface area (Å²) in [5.74, 6) is 2.30. The highest BCUT2D eigenvalue weighted by molar-refractivity contribution is 14.1. The predicted molar refractivity (Wildman–Crippen MR) is 94.9 cm³/mol. The summed E-state index contributed by atoms with van der Waals surface area (Å²) >= 11 is 4.17. The molecule has 2 N–H and O–H groups in total. The van der Waals surface area contributed by atoms with E-state index >= 15 is 0 Å². The maximum atomic E-state index is 5.53. The second-order valence-corrected chi connectivity index (χ2v) is 7.62. The van der Waals surface area contributed by atoms with Gasteiger partial charge in [-0.2, -0.15) is 0 Å². The van der Waals surface area contributed by atoms with Gasteiger partial charge in [0.2, 0.25) is 5.89 Å². The van der Waals surface area contributed by atoms with Gasteiger partial charge in [0.15, 0.2) is 5.96 Å². The lowest BCUT2D eigenvalue weighted by Crippen LogP contribution is -2.37. The molecule has 0 aliphatic heterocycles. The van der Waals surface area contributed by atoms with Crippen molar-refractivity contribution in [2.24, 2.45) is 4.99 Å². The number of nitrogens with zero attached hydrogens (tertiary/aromatic N) is 2. The van der Waals surface area contributed by atoms with Crippen molar-refractivity contribution in [3.63, 3.8) is 0 Å². The molecule has 21 heavy (non-hydrogen) atoms. The van der Waals surface area contributed by atoms with Crippen molar-refractivity contribution in [3.05, 3.63) is 37.2 Å². The first kappa shape index (κ1) is 16.3. The number of oxazole rings is 1. The fourth-order valence-corrected chi connectivity index (χ4v) is 3.54. The van der Waals surface area contributed by atoms with Crippen LogP contribution in [0.5, 0.6) is 0 Å². The Labute approximate surface area is 142 Å². The molecule has 0 aromatic carbocycles. The van der Waals surface area contributed by atoms with E-state index in [9.17, 15) is 0 Å². The van der Waals surface area contributed by atoms with Gasteiger partial charge < -0.3 is 15.1 Å². The average Bonchev–Trinajstić information content (AvgIpc) is 3.00. The Morgan fingerprint density at radius 1 is 1.38 bits per heavy atom. The van der Waals surface area contributed by atoms with Crippen LogP contribution < -0.4 is 10.6 Å². The minimum Gasteiger partial charge on any atom is -0.444 e. The Hall–Kier alpha value is -1.09. The molecule has 0 atom stereocenters. The maximum absolute atomic E-state index is 5.53. The van der Waals surface area contributed by atoms with E-state index in [4.69, 9.17) is 4.42 Å². The fourth-order valence-electron chi connectivity index (χ4n) is 1.78. The van der Waals surface area contributed by atoms with Gasteiger partial charge in [-0.15, -0.1) is 11.3 Å². The molecule has 0 amide bonds. The molecule has 2 aromatic rings. The molecule has 0 saturated carbocycles. The molecule has 0 aliphatic rings. The Balaban J connectivity index is 1.75. The Kier molecular flexibility index (Phi) is 6.04. The predicted octanol–water partition coefficient (Wildman–Crippen LogP) is 2.87. The van der Waals surface area contributed by atoms with Crippen molar-refractivity contribution in [3.8, 4) is 0 Å². The van der Waals surface area contributed by atoms with Crippen LogP contribution >= 0.6 is 33.9 Å². The molecule has 0 bridgehead atoms. The average molecular weight is 418 g/mol. The number of hydrogen-bond acceptors (Lipinski definition) is 4. The van der Waals surface area contributed by atoms with E-state index in [-0.39, 0.29) is 0 Å². The number of thiophene rings is 1. The number of halogens is 1. The van der Waals surface area contributed by atoms with Crippen LogP contribution in [0.1, 0.15) is 22.2 Å². The van der Waals surface area contributed by atoms with Crippen LogP contribution in [0.4, 0.5) is 0 Å². The largest absolute Gasteiger partial charge is 0.444 e. The Morgan fingerprint density at radius 3 is 2.76 bits per heavy atom. The lowest BCUT2D eigenvalue weighted by atomic mass is 10.3. The van der Waals surface area contributed by atoms with E-state index in [1.165, 1.54) is 7.76 Å². The number of aromatic nitrogens is 1. The van der Waals surface area contributed by atoms with Crippen LogP contribution in [0.3, 0.4) is 0 Å². The first-order chi connectivity index (χ1) is 10.1. The smallest absolute Gasteiger partial charge is 0.214 e. The molecule has 0 fully saturated rings. The molecule has 0 radical (unpaired) electrons. The van der Waals surface area contributed by atoms with E-state index in [2.05, 4.69) is 55.3 Å². The SMILES string of the molecule is CN=C(NCCc1ccc(I)s1)NCc1nc(C)c(C)o1. The summed E-state index contributed by atoms with van der Waals surface area (Å²) in [5, 5.41) is 6.49. The van der Waals surface area contributed by atoms with Gasteiger partial charge in [0.25, 0.3) is 0 Å². The molecular weight excluding hydrogens is 399 g/mol. The lowest BCUT2D eigenvalue weighted by Gasteiger charge is -2.09. The molecule has 2 aromatic heterocycles. The molecule has 0 unspecified atom stereocenters. The maximum Gasteiger partial charge on any atom is 0.214 e. The van der Waals surface area contributed by atoms with Gasteiger partial charge in [-0.25, -0.2) is 4.98 Å². The van der Waals surface area contributed by atoms with E-state index in [1.54, 1.807) is 7.05 Å². The van der Waals surface area contributed by atoms with Crippen LogP contribution in [-0.2, 0) is 13.0 Å². The number of aryl methyl sites for hydroxylation is 2. The summed E-state index contributed by atoms with van der Waals surface area (Å²) in [6.07, 6.45) is 0.992. The fraction of sp³-hybridized carbons (Fsp3) is 0.429. The number of rotatable bonds is 5. The van der Waals surface area contributed by atoms with E-state index in [0.717, 1.165) is 30.4 Å². The molecule has 0 spiro atoms. The van der Waals surface area contributed by atoms with Crippen LogP contribution in [0.25, 0.3) is 0 Å². The number of nitrogens with one attached hydrogen (secondary N) is 2. The lowest BCUT2D eigenvalue weighted by molar-refractivity contribution is 0.464. The second-order valence-electron chi connectivity index (χ2n) is 4.56. The minimum absolute atomic E-state index is 0.533. The highest BCUT2D eigenvalue weighted by Crippen LogP contribution is 2.18. The Bertz CT molecular complexity index is 601. The summed E-state index contributed by atoms with van der Waals surface area (Å²) in [4.78, 5) is 9.91. The quantitative estimate of drug-likeness (QED) is 0.446. The van der Waals surface area contributed by atoms with E-state index in [1.807, 2.05) is 25.2 Å². The molecule has 2 heterocycles. The van der Waals surface area contributed by atoms with Crippen molar-refractivity contribution in [1.82, 2.24) is 15.6 Å². The molecule has 7 heteroatoms. The van der Waals surface area contributed by atoms with Crippen LogP contribution in [-0.4, -0.2) is 24.5 Å². The van der Waals surface area contributed by atoms with Gasteiger partial charge in [0.1, 0.15) is 5.76 Å². The zero-order chi connectivity index (χ0) is 15.2. The van der Waals surface area contributed by atoms with Crippen LogP contribution in [0, 0.1) is 16.7 Å². The molecule has 114 valence electrons. The first-order valence-electron chi connectivity index (χ1n) is 6.70. The zero-order valence-electron chi connectivity index (χ0n) is 12.4. The molecule has 0 saturated heterocycles. The highest BCUT2D eigenvalue weighted by atomic mass is 127. The van der Waals surface area contributed by atoms with Crippen LogP contribution in [0.15, 0.2) is 21.5 Å². The second kappa shape index (κ2) is 7.79. The van der Waals surface area contributed by atoms with Gasteiger partial charge in [-0.05, 0) is 55.0 Å². The summed E-state index contributed by atoms with van der Waals surface area (Å²) in [6, 6.07) is 4.31. The van der Waals surface area contributed by atoms with Crippen molar-refractivity contribution >= 4 is 39.9 Å². The summed E-state index contributed by atoms with van der Waals surface area (Å²) < 4.78 is 6.85. The first-order valence-corrected chi connectivity index (χ1v) is 8.59. The summed E-state index contributed by atoms with van der Waals surface area (Å²) in [7, 11) is 1.76. The normalized spacial score (nSPS) is 11.7. The minimum atomic E-state index is 0.533. The number of hydrogen-bond donors (Lipinski definition) is 2. The van der Waals surface area contributed by atoms with Crippen molar-refractivity contribution in [2.75, 3.05) is 13.6 Å². The summed E-state index contributed by atoms with van der Waals surface area (Å²) in [6.45, 7) is 5.24. The molecule has 5 nitrogen and oxygen atoms in total. The third kappa shape index (κ3) is 4.99. The monoisotopic (exact) mass is 418 g/mol. The number of guanidine groups is 1. The topological polar surface area (TPSA) is 62.5 Å². The van der Waals surface area contributed by atoms with Crippen molar-refractivity contribution < 1.29 is 4.42 Å². The number of aliphatic imine (C=N–C) groups is 1. The van der Waals surface area contributed by atoms with Gasteiger partial charge in [-0.1, -0.05) is 0 Å². The third-order valence-corrected chi connectivity index (χ3v) is 4.95. The molecule has 2 rings (SSSR count). The van der Waals surface area contributed by atoms with Gasteiger partial charge in [0.05, 0.1) is 15.1 Å². The molecule has 0 aliphatic carbocycles. The highest BCUT2D eigenvalue weighted by Gasteiger charge is 2.06. The van der Waals surface area contributed by atoms with E-state index in [0.29, 0.717) is 12.4 Å². The van der Waals surface area contributed by atoms with Crippen molar-refractivity contribution in [2.45, 2.75) is 26.8 Å². The molecular formula is C14H19IN4OS.